The van der Waals surface area contributed by atoms with E-state index in [9.17, 15) is 9.59 Å². The summed E-state index contributed by atoms with van der Waals surface area (Å²) in [7, 11) is 0. The van der Waals surface area contributed by atoms with Crippen molar-refractivity contribution in [1.29, 1.82) is 0 Å². The number of anilines is 2. The Kier molecular flexibility index (Phi) is 3.49. The Balaban J connectivity index is 1.62. The van der Waals surface area contributed by atoms with E-state index in [-0.39, 0.29) is 31.0 Å². The molecule has 0 spiro atoms. The van der Waals surface area contributed by atoms with Crippen LogP contribution in [0.4, 0.5) is 11.4 Å². The third kappa shape index (κ3) is 2.33. The number of amides is 2. The normalized spacial score (nSPS) is 18.9. The molecule has 2 aliphatic rings. The van der Waals surface area contributed by atoms with Crippen LogP contribution in [0.2, 0.25) is 0 Å². The molecule has 2 aromatic carbocycles. The summed E-state index contributed by atoms with van der Waals surface area (Å²) in [5, 5.41) is 0. The van der Waals surface area contributed by atoms with Gasteiger partial charge >= 0.3 is 0 Å². The molecule has 122 valence electrons. The van der Waals surface area contributed by atoms with E-state index in [1.54, 1.807) is 11.0 Å². The molecule has 0 fully saturated rings. The number of carbonyl (C=O) groups excluding carboxylic acids is 2. The summed E-state index contributed by atoms with van der Waals surface area (Å²) in [4.78, 5) is 28.5. The fourth-order valence-corrected chi connectivity index (χ4v) is 3.48. The molecular weight excluding hydrogens is 304 g/mol. The van der Waals surface area contributed by atoms with Gasteiger partial charge in [0.2, 0.25) is 5.91 Å². The highest BCUT2D eigenvalue weighted by Gasteiger charge is 2.34. The van der Waals surface area contributed by atoms with Gasteiger partial charge in [-0.15, -0.1) is 0 Å². The van der Waals surface area contributed by atoms with Crippen LogP contribution in [0.5, 0.6) is 5.75 Å². The maximum absolute atomic E-state index is 12.9. The summed E-state index contributed by atoms with van der Waals surface area (Å²) in [6.07, 6.45) is 0.843. The first kappa shape index (κ1) is 14.8. The summed E-state index contributed by atoms with van der Waals surface area (Å²) < 4.78 is 5.43. The van der Waals surface area contributed by atoms with E-state index in [4.69, 9.17) is 4.74 Å². The van der Waals surface area contributed by atoms with Gasteiger partial charge in [-0.25, -0.2) is 0 Å². The molecule has 5 nitrogen and oxygen atoms in total. The fraction of sp³-hybridized carbons (Fsp3) is 0.263. The molecule has 2 amide bonds. The molecular formula is C19H18N2O3. The highest BCUT2D eigenvalue weighted by atomic mass is 16.5. The Bertz CT molecular complexity index is 818. The van der Waals surface area contributed by atoms with Crippen LogP contribution >= 0.6 is 0 Å². The fourth-order valence-electron chi connectivity index (χ4n) is 3.48. The zero-order valence-corrected chi connectivity index (χ0v) is 13.4. The van der Waals surface area contributed by atoms with Gasteiger partial charge in [0, 0.05) is 11.7 Å². The quantitative estimate of drug-likeness (QED) is 0.853. The van der Waals surface area contributed by atoms with Gasteiger partial charge < -0.3 is 9.64 Å². The number of ether oxygens (including phenoxy) is 1. The van der Waals surface area contributed by atoms with E-state index < -0.39 is 0 Å². The van der Waals surface area contributed by atoms with Crippen molar-refractivity contribution < 1.29 is 14.3 Å². The van der Waals surface area contributed by atoms with Crippen LogP contribution in [0.1, 0.15) is 12.5 Å². The van der Waals surface area contributed by atoms with Crippen molar-refractivity contribution in [2.45, 2.75) is 19.4 Å². The van der Waals surface area contributed by atoms with Crippen LogP contribution in [0.25, 0.3) is 0 Å². The molecule has 0 radical (unpaired) electrons. The highest BCUT2D eigenvalue weighted by molar-refractivity contribution is 6.06. The molecule has 0 bridgehead atoms. The Hall–Kier alpha value is -2.82. The molecule has 0 aromatic heterocycles. The molecule has 2 heterocycles. The van der Waals surface area contributed by atoms with E-state index in [1.165, 1.54) is 10.5 Å². The monoisotopic (exact) mass is 322 g/mol. The molecule has 0 saturated carbocycles. The van der Waals surface area contributed by atoms with Gasteiger partial charge in [-0.05, 0) is 37.1 Å². The number of hydrogen-bond acceptors (Lipinski definition) is 3. The minimum absolute atomic E-state index is 0.0257. The van der Waals surface area contributed by atoms with Crippen molar-refractivity contribution in [3.05, 3.63) is 54.1 Å². The molecule has 0 aliphatic carbocycles. The first-order valence-electron chi connectivity index (χ1n) is 8.07. The van der Waals surface area contributed by atoms with Crippen LogP contribution in [0, 0.1) is 0 Å². The van der Waals surface area contributed by atoms with Gasteiger partial charge in [-0.1, -0.05) is 30.3 Å². The van der Waals surface area contributed by atoms with Crippen molar-refractivity contribution in [3.63, 3.8) is 0 Å². The topological polar surface area (TPSA) is 49.9 Å². The number of rotatable bonds is 2. The lowest BCUT2D eigenvalue weighted by atomic mass is 10.1. The van der Waals surface area contributed by atoms with Crippen molar-refractivity contribution in [1.82, 2.24) is 0 Å². The van der Waals surface area contributed by atoms with Gasteiger partial charge in [-0.3, -0.25) is 14.5 Å². The standard InChI is InChI=1S/C19H18N2O3/c1-13-10-14-6-2-3-7-15(14)21(13)18(22)11-20-16-8-4-5-9-17(16)24-12-19(20)23/h2-9,13H,10-12H2,1H3/t13-/m0/s1. The Morgan fingerprint density at radius 3 is 2.67 bits per heavy atom. The van der Waals surface area contributed by atoms with Gasteiger partial charge in [0.1, 0.15) is 12.3 Å². The predicted molar refractivity (Wildman–Crippen MR) is 91.4 cm³/mol. The van der Waals surface area contributed by atoms with E-state index in [0.29, 0.717) is 11.4 Å². The zero-order chi connectivity index (χ0) is 16.7. The summed E-state index contributed by atoms with van der Waals surface area (Å²) in [6, 6.07) is 15.3. The van der Waals surface area contributed by atoms with Gasteiger partial charge in [0.25, 0.3) is 5.91 Å². The SMILES string of the molecule is C[C@H]1Cc2ccccc2N1C(=O)CN1C(=O)COc2ccccc21. The second-order valence-electron chi connectivity index (χ2n) is 6.18. The molecule has 0 N–H and O–H groups in total. The Morgan fingerprint density at radius 2 is 1.83 bits per heavy atom. The first-order chi connectivity index (χ1) is 11.6. The summed E-state index contributed by atoms with van der Waals surface area (Å²) >= 11 is 0. The molecule has 2 aliphatic heterocycles. The second kappa shape index (κ2) is 5.67. The molecule has 24 heavy (non-hydrogen) atoms. The van der Waals surface area contributed by atoms with E-state index in [0.717, 1.165) is 12.1 Å². The van der Waals surface area contributed by atoms with Crippen molar-refractivity contribution in [2.75, 3.05) is 23.0 Å². The number of nitrogens with zero attached hydrogens (tertiary/aromatic N) is 2. The van der Waals surface area contributed by atoms with Crippen LogP contribution in [-0.4, -0.2) is 31.0 Å². The van der Waals surface area contributed by atoms with Gasteiger partial charge in [0.05, 0.1) is 5.69 Å². The highest BCUT2D eigenvalue weighted by Crippen LogP contribution is 2.34. The average molecular weight is 322 g/mol. The van der Waals surface area contributed by atoms with Crippen LogP contribution in [0.3, 0.4) is 0 Å². The van der Waals surface area contributed by atoms with E-state index in [2.05, 4.69) is 0 Å². The first-order valence-corrected chi connectivity index (χ1v) is 8.07. The summed E-state index contributed by atoms with van der Waals surface area (Å²) in [5.41, 5.74) is 2.78. The molecule has 2 aromatic rings. The second-order valence-corrected chi connectivity index (χ2v) is 6.18. The lowest BCUT2D eigenvalue weighted by molar-refractivity contribution is -0.124. The van der Waals surface area contributed by atoms with Gasteiger partial charge in [-0.2, -0.15) is 0 Å². The van der Waals surface area contributed by atoms with Crippen molar-refractivity contribution in [2.24, 2.45) is 0 Å². The molecule has 0 saturated heterocycles. The number of carbonyl (C=O) groups is 2. The van der Waals surface area contributed by atoms with Gasteiger partial charge in [0.15, 0.2) is 6.61 Å². The number of benzene rings is 2. The summed E-state index contributed by atoms with van der Waals surface area (Å²) in [5.74, 6) is 0.374. The Morgan fingerprint density at radius 1 is 1.12 bits per heavy atom. The van der Waals surface area contributed by atoms with Crippen molar-refractivity contribution in [3.8, 4) is 5.75 Å². The maximum atomic E-state index is 12.9. The number of hydrogen-bond donors (Lipinski definition) is 0. The lowest BCUT2D eigenvalue weighted by Gasteiger charge is -2.31. The van der Waals surface area contributed by atoms with Crippen LogP contribution in [0.15, 0.2) is 48.5 Å². The largest absolute Gasteiger partial charge is 0.482 e. The Labute approximate surface area is 140 Å². The molecule has 4 rings (SSSR count). The zero-order valence-electron chi connectivity index (χ0n) is 13.4. The molecule has 0 unspecified atom stereocenters. The summed E-state index contributed by atoms with van der Waals surface area (Å²) in [6.45, 7) is 2.03. The predicted octanol–water partition coefficient (Wildman–Crippen LogP) is 2.39. The third-order valence-electron chi connectivity index (χ3n) is 4.58. The molecule has 1 atom stereocenters. The maximum Gasteiger partial charge on any atom is 0.265 e. The minimum atomic E-state index is -0.192. The van der Waals surface area contributed by atoms with E-state index in [1.807, 2.05) is 49.4 Å². The average Bonchev–Trinajstić information content (AvgIpc) is 2.93. The van der Waals surface area contributed by atoms with Crippen LogP contribution < -0.4 is 14.5 Å². The lowest BCUT2D eigenvalue weighted by Crippen LogP contribution is -2.48. The third-order valence-corrected chi connectivity index (χ3v) is 4.58. The van der Waals surface area contributed by atoms with Crippen LogP contribution in [-0.2, 0) is 16.0 Å². The number of para-hydroxylation sites is 3. The van der Waals surface area contributed by atoms with Crippen molar-refractivity contribution >= 4 is 23.2 Å². The molecule has 5 heteroatoms. The van der Waals surface area contributed by atoms with E-state index >= 15 is 0 Å². The minimum Gasteiger partial charge on any atom is -0.482 e. The smallest absolute Gasteiger partial charge is 0.265 e. The number of fused-ring (bicyclic) bond motifs is 2.